The van der Waals surface area contributed by atoms with Gasteiger partial charge in [0.25, 0.3) is 10.1 Å². The minimum atomic E-state index is -4.07. The van der Waals surface area contributed by atoms with Gasteiger partial charge in [-0.15, -0.1) is 0 Å². The molecule has 1 saturated carbocycles. The lowest BCUT2D eigenvalue weighted by molar-refractivity contribution is -0.120. The summed E-state index contributed by atoms with van der Waals surface area (Å²) in [6.07, 6.45) is 6.62. The number of carbonyl (C=O) groups is 1. The van der Waals surface area contributed by atoms with Crippen molar-refractivity contribution in [1.82, 2.24) is 9.91 Å². The SMILES string of the molecule is CN1/C(=C/C=C\C(C#N)=N/N(C=O)C2CCC(S(=O)(=O)O)CC2)OCC1(C)C. The molecule has 0 spiro atoms. The second kappa shape index (κ2) is 8.75. The summed E-state index contributed by atoms with van der Waals surface area (Å²) < 4.78 is 37.2. The highest BCUT2D eigenvalue weighted by molar-refractivity contribution is 7.86. The van der Waals surface area contributed by atoms with Crippen LogP contribution in [0, 0.1) is 11.3 Å². The molecule has 1 aliphatic heterocycles. The molecule has 0 aromatic heterocycles. The highest BCUT2D eigenvalue weighted by Crippen LogP contribution is 2.28. The molecule has 0 unspecified atom stereocenters. The van der Waals surface area contributed by atoms with E-state index < -0.39 is 15.4 Å². The maximum absolute atomic E-state index is 11.4. The minimum absolute atomic E-state index is 0.0424. The first kappa shape index (κ1) is 21.9. The summed E-state index contributed by atoms with van der Waals surface area (Å²) >= 11 is 0. The van der Waals surface area contributed by atoms with Gasteiger partial charge in [-0.3, -0.25) is 9.35 Å². The maximum Gasteiger partial charge on any atom is 0.267 e. The second-order valence-electron chi connectivity index (χ2n) is 7.55. The van der Waals surface area contributed by atoms with E-state index in [-0.39, 0.29) is 30.1 Å². The third-order valence-corrected chi connectivity index (χ3v) is 6.50. The summed E-state index contributed by atoms with van der Waals surface area (Å²) in [6, 6.07) is 1.63. The van der Waals surface area contributed by atoms with Gasteiger partial charge in [0.2, 0.25) is 6.41 Å². The van der Waals surface area contributed by atoms with Crippen molar-refractivity contribution in [2.75, 3.05) is 13.7 Å². The number of nitrogens with zero attached hydrogens (tertiary/aromatic N) is 4. The number of hydrazone groups is 1. The molecule has 1 saturated heterocycles. The summed E-state index contributed by atoms with van der Waals surface area (Å²) in [5.41, 5.74) is -0.0677. The number of hydrogen-bond donors (Lipinski definition) is 1. The third-order valence-electron chi connectivity index (χ3n) is 5.19. The average Bonchev–Trinajstić information content (AvgIpc) is 2.90. The Labute approximate surface area is 165 Å². The maximum atomic E-state index is 11.4. The van der Waals surface area contributed by atoms with Gasteiger partial charge in [0.05, 0.1) is 16.8 Å². The van der Waals surface area contributed by atoms with Crippen LogP contribution in [0.1, 0.15) is 39.5 Å². The van der Waals surface area contributed by atoms with E-state index in [0.717, 1.165) is 5.01 Å². The molecule has 9 nitrogen and oxygen atoms in total. The lowest BCUT2D eigenvalue weighted by atomic mass is 9.95. The van der Waals surface area contributed by atoms with Gasteiger partial charge in [0.15, 0.2) is 11.6 Å². The van der Waals surface area contributed by atoms with Crippen molar-refractivity contribution in [3.8, 4) is 6.07 Å². The standard InChI is InChI=1S/C18H26N4O5S/c1-18(2)12-27-17(21(18)3)6-4-5-14(11-19)20-22(13-23)15-7-9-16(10-8-15)28(24,25)26/h4-6,13,15-16H,7-10,12H2,1-3H3,(H,24,25,26)/b5-4-,17-6-,20-14+. The largest absolute Gasteiger partial charge is 0.477 e. The summed E-state index contributed by atoms with van der Waals surface area (Å²) in [4.78, 5) is 13.4. The summed E-state index contributed by atoms with van der Waals surface area (Å²) in [5.74, 6) is 0.675. The van der Waals surface area contributed by atoms with Gasteiger partial charge in [-0.25, -0.2) is 5.01 Å². The first-order chi connectivity index (χ1) is 13.1. The van der Waals surface area contributed by atoms with Crippen LogP contribution in [0.15, 0.2) is 29.2 Å². The van der Waals surface area contributed by atoms with E-state index in [4.69, 9.17) is 9.29 Å². The van der Waals surface area contributed by atoms with E-state index >= 15 is 0 Å². The van der Waals surface area contributed by atoms with Crippen LogP contribution in [-0.2, 0) is 19.6 Å². The van der Waals surface area contributed by atoms with Crippen molar-refractivity contribution < 1.29 is 22.5 Å². The lowest BCUT2D eigenvalue weighted by Crippen LogP contribution is -2.37. The quantitative estimate of drug-likeness (QED) is 0.306. The van der Waals surface area contributed by atoms with Gasteiger partial charge in [0.1, 0.15) is 12.7 Å². The lowest BCUT2D eigenvalue weighted by Gasteiger charge is -2.30. The molecule has 28 heavy (non-hydrogen) atoms. The summed E-state index contributed by atoms with van der Waals surface area (Å²) in [7, 11) is -2.15. The normalized spacial score (nSPS) is 26.9. The molecule has 2 aliphatic rings. The van der Waals surface area contributed by atoms with Crippen LogP contribution in [0.4, 0.5) is 0 Å². The zero-order chi connectivity index (χ0) is 20.9. The molecule has 154 valence electrons. The van der Waals surface area contributed by atoms with Crippen LogP contribution in [0.5, 0.6) is 0 Å². The van der Waals surface area contributed by atoms with Crippen molar-refractivity contribution >= 4 is 22.2 Å². The minimum Gasteiger partial charge on any atom is -0.477 e. The molecular weight excluding hydrogens is 384 g/mol. The molecule has 1 amide bonds. The summed E-state index contributed by atoms with van der Waals surface area (Å²) in [5, 5.41) is 13.7. The highest BCUT2D eigenvalue weighted by Gasteiger charge is 2.33. The molecular formula is C18H26N4O5S. The zero-order valence-electron chi connectivity index (χ0n) is 16.3. The van der Waals surface area contributed by atoms with Gasteiger partial charge < -0.3 is 9.64 Å². The Hall–Kier alpha value is -2.38. The van der Waals surface area contributed by atoms with Crippen LogP contribution in [0.25, 0.3) is 0 Å². The van der Waals surface area contributed by atoms with Crippen molar-refractivity contribution in [3.05, 3.63) is 24.1 Å². The van der Waals surface area contributed by atoms with Gasteiger partial charge in [-0.05, 0) is 51.7 Å². The van der Waals surface area contributed by atoms with Crippen molar-refractivity contribution in [2.24, 2.45) is 5.10 Å². The number of amides is 1. The Bertz CT molecular complexity index is 817. The number of rotatable bonds is 6. The first-order valence-corrected chi connectivity index (χ1v) is 10.5. The van der Waals surface area contributed by atoms with Gasteiger partial charge in [0, 0.05) is 7.05 Å². The second-order valence-corrected chi connectivity index (χ2v) is 9.25. The predicted octanol–water partition coefficient (Wildman–Crippen LogP) is 1.66. The first-order valence-electron chi connectivity index (χ1n) is 9.02. The van der Waals surface area contributed by atoms with Crippen molar-refractivity contribution in [3.63, 3.8) is 0 Å². The topological polar surface area (TPSA) is 123 Å². The molecule has 1 aliphatic carbocycles. The molecule has 2 rings (SSSR count). The van der Waals surface area contributed by atoms with E-state index in [2.05, 4.69) is 18.9 Å². The number of nitriles is 1. The van der Waals surface area contributed by atoms with E-state index in [1.54, 1.807) is 12.2 Å². The predicted molar refractivity (Wildman–Crippen MR) is 104 cm³/mol. The van der Waals surface area contributed by atoms with Crippen molar-refractivity contribution in [2.45, 2.75) is 56.4 Å². The molecule has 0 atom stereocenters. The molecule has 0 radical (unpaired) electrons. The Morgan fingerprint density at radius 2 is 2.04 bits per heavy atom. The van der Waals surface area contributed by atoms with Crippen LogP contribution in [0.3, 0.4) is 0 Å². The zero-order valence-corrected chi connectivity index (χ0v) is 17.1. The van der Waals surface area contributed by atoms with E-state index in [9.17, 15) is 18.5 Å². The smallest absolute Gasteiger partial charge is 0.267 e. The number of carbonyl (C=O) groups excluding carboxylic acids is 1. The van der Waals surface area contributed by atoms with Crippen molar-refractivity contribution in [1.29, 1.82) is 5.26 Å². The number of hydrogen-bond acceptors (Lipinski definition) is 7. The summed E-state index contributed by atoms with van der Waals surface area (Å²) in [6.45, 7) is 4.67. The fourth-order valence-corrected chi connectivity index (χ4v) is 4.01. The molecule has 2 fully saturated rings. The highest BCUT2D eigenvalue weighted by atomic mass is 32.2. The Morgan fingerprint density at radius 1 is 1.39 bits per heavy atom. The number of allylic oxidation sites excluding steroid dienone is 3. The molecule has 1 N–H and O–H groups in total. The van der Waals surface area contributed by atoms with Gasteiger partial charge >= 0.3 is 0 Å². The molecule has 0 bridgehead atoms. The Balaban J connectivity index is 2.04. The third kappa shape index (κ3) is 5.33. The van der Waals surface area contributed by atoms with E-state index in [0.29, 0.717) is 31.7 Å². The van der Waals surface area contributed by atoms with Crippen LogP contribution < -0.4 is 0 Å². The van der Waals surface area contributed by atoms with Crippen LogP contribution in [-0.4, -0.2) is 65.5 Å². The van der Waals surface area contributed by atoms with Gasteiger partial charge in [-0.2, -0.15) is 18.8 Å². The van der Waals surface area contributed by atoms with Crippen LogP contribution >= 0.6 is 0 Å². The average molecular weight is 410 g/mol. The van der Waals surface area contributed by atoms with Crippen LogP contribution in [0.2, 0.25) is 0 Å². The van der Waals surface area contributed by atoms with E-state index in [1.165, 1.54) is 6.08 Å². The van der Waals surface area contributed by atoms with Gasteiger partial charge in [-0.1, -0.05) is 6.08 Å². The fraction of sp³-hybridized carbons (Fsp3) is 0.611. The fourth-order valence-electron chi connectivity index (χ4n) is 3.14. The molecule has 0 aromatic rings. The van der Waals surface area contributed by atoms with E-state index in [1.807, 2.05) is 18.0 Å². The monoisotopic (exact) mass is 410 g/mol. The molecule has 1 heterocycles. The Morgan fingerprint density at radius 3 is 2.50 bits per heavy atom. The number of likely N-dealkylation sites (N-methyl/N-ethyl adjacent to an activating group) is 1. The Kier molecular flexibility index (Phi) is 6.85. The number of ether oxygens (including phenoxy) is 1. The molecule has 0 aromatic carbocycles. The molecule has 10 heteroatoms.